The molecule has 0 bridgehead atoms. The minimum atomic E-state index is -1.05. The van der Waals surface area contributed by atoms with Crippen LogP contribution in [0.3, 0.4) is 0 Å². The molecule has 0 aliphatic carbocycles. The van der Waals surface area contributed by atoms with E-state index in [-0.39, 0.29) is 35.4 Å². The lowest BCUT2D eigenvalue weighted by molar-refractivity contribution is -0.137. The van der Waals surface area contributed by atoms with Crippen LogP contribution >= 0.6 is 23.4 Å². The zero-order chi connectivity index (χ0) is 18.4. The maximum atomic E-state index is 12.0. The van der Waals surface area contributed by atoms with Gasteiger partial charge in [-0.05, 0) is 24.3 Å². The highest BCUT2D eigenvalue weighted by Crippen LogP contribution is 2.15. The Bertz CT molecular complexity index is 840. The molecule has 132 valence electrons. The Labute approximate surface area is 151 Å². The number of aromatic nitrogens is 3. The third-order valence-corrected chi connectivity index (χ3v) is 4.16. The molecular weight excluding hydrogens is 370 g/mol. The summed E-state index contributed by atoms with van der Waals surface area (Å²) < 4.78 is 0.754. The molecule has 11 heteroatoms. The lowest BCUT2D eigenvalue weighted by Crippen LogP contribution is -2.34. The molecule has 2 aromatic rings. The van der Waals surface area contributed by atoms with Crippen LogP contribution in [-0.2, 0) is 16.0 Å². The van der Waals surface area contributed by atoms with Gasteiger partial charge in [-0.1, -0.05) is 23.4 Å². The van der Waals surface area contributed by atoms with E-state index in [2.05, 4.69) is 15.5 Å². The summed E-state index contributed by atoms with van der Waals surface area (Å²) in [6, 6.07) is 6.59. The molecule has 4 N–H and O–H groups in total. The van der Waals surface area contributed by atoms with Crippen LogP contribution in [0.25, 0.3) is 0 Å². The predicted molar refractivity (Wildman–Crippen MR) is 93.2 cm³/mol. The first kappa shape index (κ1) is 18.7. The number of thioether (sulfide) groups is 1. The van der Waals surface area contributed by atoms with Crippen molar-refractivity contribution >= 4 is 40.9 Å². The van der Waals surface area contributed by atoms with E-state index < -0.39 is 11.5 Å². The first-order valence-corrected chi connectivity index (χ1v) is 8.37. The van der Waals surface area contributed by atoms with Gasteiger partial charge in [-0.3, -0.25) is 14.4 Å². The van der Waals surface area contributed by atoms with Crippen LogP contribution in [0, 0.1) is 0 Å². The van der Waals surface area contributed by atoms with Gasteiger partial charge in [-0.15, -0.1) is 10.2 Å². The Balaban J connectivity index is 1.97. The predicted octanol–water partition coefficient (Wildman–Crippen LogP) is 0.753. The van der Waals surface area contributed by atoms with Crippen LogP contribution in [0.15, 0.2) is 34.2 Å². The monoisotopic (exact) mass is 383 g/mol. The first-order valence-electron chi connectivity index (χ1n) is 7.00. The fraction of sp³-hybridized carbons (Fsp3) is 0.214. The Kier molecular flexibility index (Phi) is 6.37. The van der Waals surface area contributed by atoms with Crippen molar-refractivity contribution in [1.82, 2.24) is 14.9 Å². The highest BCUT2D eigenvalue weighted by Gasteiger charge is 2.13. The van der Waals surface area contributed by atoms with Crippen molar-refractivity contribution in [3.63, 3.8) is 0 Å². The minimum Gasteiger partial charge on any atom is -0.481 e. The third-order valence-electron chi connectivity index (χ3n) is 2.96. The number of nitrogen functional groups attached to an aromatic ring is 1. The molecule has 2 rings (SSSR count). The minimum absolute atomic E-state index is 0.0393. The van der Waals surface area contributed by atoms with Gasteiger partial charge >= 0.3 is 5.97 Å². The molecule has 1 aromatic carbocycles. The summed E-state index contributed by atoms with van der Waals surface area (Å²) in [4.78, 5) is 34.4. The summed E-state index contributed by atoms with van der Waals surface area (Å²) in [5, 5.41) is 19.3. The van der Waals surface area contributed by atoms with Gasteiger partial charge in [0.2, 0.25) is 11.1 Å². The molecule has 0 fully saturated rings. The standard InChI is InChI=1S/C14H14ClN5O4S/c15-8-1-3-9(4-2-8)17-11(21)7-25-14-19-18-10(5-6-12(22)23)13(24)20(14)16/h1-4H,5-7,16H2,(H,17,21)(H,22,23). The van der Waals surface area contributed by atoms with Crippen molar-refractivity contribution in [2.45, 2.75) is 18.0 Å². The number of carboxylic acids is 1. The average Bonchev–Trinajstić information content (AvgIpc) is 2.57. The van der Waals surface area contributed by atoms with Crippen molar-refractivity contribution in [3.8, 4) is 0 Å². The molecule has 0 aliphatic heterocycles. The topological polar surface area (TPSA) is 140 Å². The SMILES string of the molecule is Nn1c(SCC(=O)Nc2ccc(Cl)cc2)nnc(CCC(=O)O)c1=O. The summed E-state index contributed by atoms with van der Waals surface area (Å²) in [7, 11) is 0. The van der Waals surface area contributed by atoms with Crippen molar-refractivity contribution < 1.29 is 14.7 Å². The van der Waals surface area contributed by atoms with Crippen LogP contribution in [0.2, 0.25) is 5.02 Å². The number of rotatable bonds is 7. The molecule has 0 saturated carbocycles. The second-order valence-electron chi connectivity index (χ2n) is 4.84. The Hall–Kier alpha value is -2.59. The van der Waals surface area contributed by atoms with Crippen LogP contribution in [-0.4, -0.2) is 37.6 Å². The third kappa shape index (κ3) is 5.47. The second-order valence-corrected chi connectivity index (χ2v) is 6.22. The molecule has 0 atom stereocenters. The molecule has 1 aromatic heterocycles. The van der Waals surface area contributed by atoms with Gasteiger partial charge < -0.3 is 16.3 Å². The Morgan fingerprint density at radius 3 is 2.60 bits per heavy atom. The fourth-order valence-electron chi connectivity index (χ4n) is 1.76. The lowest BCUT2D eigenvalue weighted by atomic mass is 10.2. The number of aliphatic carboxylic acids is 1. The number of nitrogens with one attached hydrogen (secondary N) is 1. The largest absolute Gasteiger partial charge is 0.481 e. The molecule has 25 heavy (non-hydrogen) atoms. The van der Waals surface area contributed by atoms with E-state index in [0.717, 1.165) is 16.4 Å². The Morgan fingerprint density at radius 1 is 1.28 bits per heavy atom. The van der Waals surface area contributed by atoms with Gasteiger partial charge in [0.1, 0.15) is 5.69 Å². The second kappa shape index (κ2) is 8.49. The lowest BCUT2D eigenvalue weighted by Gasteiger charge is -2.08. The van der Waals surface area contributed by atoms with Gasteiger partial charge in [0, 0.05) is 17.1 Å². The number of hydrogen-bond donors (Lipinski definition) is 3. The summed E-state index contributed by atoms with van der Waals surface area (Å²) in [6.45, 7) is 0. The average molecular weight is 384 g/mol. The zero-order valence-electron chi connectivity index (χ0n) is 12.8. The van der Waals surface area contributed by atoms with Crippen molar-refractivity contribution in [2.75, 3.05) is 16.9 Å². The molecule has 1 heterocycles. The molecule has 0 aliphatic rings. The first-order chi connectivity index (χ1) is 11.9. The number of carbonyl (C=O) groups excluding carboxylic acids is 1. The molecular formula is C14H14ClN5O4S. The van der Waals surface area contributed by atoms with Gasteiger partial charge in [0.25, 0.3) is 5.56 Å². The number of nitrogens with two attached hydrogens (primary N) is 1. The van der Waals surface area contributed by atoms with E-state index in [1.165, 1.54) is 0 Å². The number of halogens is 1. The Morgan fingerprint density at radius 2 is 1.96 bits per heavy atom. The maximum absolute atomic E-state index is 12.0. The van der Waals surface area contributed by atoms with Crippen LogP contribution in [0.1, 0.15) is 12.1 Å². The van der Waals surface area contributed by atoms with Crippen LogP contribution in [0.4, 0.5) is 5.69 Å². The summed E-state index contributed by atoms with van der Waals surface area (Å²) in [5.41, 5.74) is -0.105. The number of carbonyl (C=O) groups is 2. The number of amides is 1. The molecule has 0 radical (unpaired) electrons. The number of anilines is 1. The number of aryl methyl sites for hydroxylation is 1. The zero-order valence-corrected chi connectivity index (χ0v) is 14.4. The number of nitrogens with zero attached hydrogens (tertiary/aromatic N) is 3. The van der Waals surface area contributed by atoms with E-state index >= 15 is 0 Å². The van der Waals surface area contributed by atoms with E-state index in [9.17, 15) is 14.4 Å². The molecule has 1 amide bonds. The number of benzene rings is 1. The van der Waals surface area contributed by atoms with Gasteiger partial charge in [0.05, 0.1) is 12.2 Å². The normalized spacial score (nSPS) is 10.4. The number of carboxylic acid groups (broad SMARTS) is 1. The summed E-state index contributed by atoms with van der Waals surface area (Å²) >= 11 is 6.70. The van der Waals surface area contributed by atoms with Crippen LogP contribution in [0.5, 0.6) is 0 Å². The molecule has 0 saturated heterocycles. The van der Waals surface area contributed by atoms with E-state index in [1.54, 1.807) is 24.3 Å². The summed E-state index contributed by atoms with van der Waals surface area (Å²) in [5.74, 6) is 4.22. The molecule has 0 spiro atoms. The summed E-state index contributed by atoms with van der Waals surface area (Å²) in [6.07, 6.45) is -0.319. The maximum Gasteiger partial charge on any atom is 0.303 e. The van der Waals surface area contributed by atoms with E-state index in [4.69, 9.17) is 22.6 Å². The smallest absolute Gasteiger partial charge is 0.303 e. The van der Waals surface area contributed by atoms with E-state index in [1.807, 2.05) is 0 Å². The highest BCUT2D eigenvalue weighted by atomic mass is 35.5. The quantitative estimate of drug-likeness (QED) is 0.470. The van der Waals surface area contributed by atoms with Crippen molar-refractivity contribution in [3.05, 3.63) is 45.3 Å². The van der Waals surface area contributed by atoms with E-state index in [0.29, 0.717) is 10.7 Å². The van der Waals surface area contributed by atoms with Crippen LogP contribution < -0.4 is 16.7 Å². The molecule has 0 unspecified atom stereocenters. The van der Waals surface area contributed by atoms with Crippen molar-refractivity contribution in [1.29, 1.82) is 0 Å². The van der Waals surface area contributed by atoms with Gasteiger partial charge in [-0.2, -0.15) is 4.68 Å². The fourth-order valence-corrected chi connectivity index (χ4v) is 2.54. The molecule has 9 nitrogen and oxygen atoms in total. The van der Waals surface area contributed by atoms with Gasteiger partial charge in [0.15, 0.2) is 0 Å². The highest BCUT2D eigenvalue weighted by molar-refractivity contribution is 7.99. The van der Waals surface area contributed by atoms with Gasteiger partial charge in [-0.25, -0.2) is 0 Å². The number of hydrogen-bond acceptors (Lipinski definition) is 7. The van der Waals surface area contributed by atoms with Crippen molar-refractivity contribution in [2.24, 2.45) is 0 Å².